The van der Waals surface area contributed by atoms with Gasteiger partial charge in [-0.25, -0.2) is 13.2 Å². The molecular weight excluding hydrogens is 298 g/mol. The van der Waals surface area contributed by atoms with E-state index in [4.69, 9.17) is 9.15 Å². The Morgan fingerprint density at radius 2 is 1.76 bits per heavy atom. The predicted molar refractivity (Wildman–Crippen MR) is 71.8 cm³/mol. The molecular formula is C13H17NO6S. The first-order valence-corrected chi connectivity index (χ1v) is 8.23. The number of ether oxygens (including phenoxy) is 1. The van der Waals surface area contributed by atoms with E-state index in [2.05, 4.69) is 0 Å². The molecule has 2 saturated heterocycles. The summed E-state index contributed by atoms with van der Waals surface area (Å²) >= 11 is 0. The minimum Gasteiger partial charge on any atom is -0.478 e. The van der Waals surface area contributed by atoms with Gasteiger partial charge in [-0.15, -0.1) is 0 Å². The largest absolute Gasteiger partial charge is 0.478 e. The average molecular weight is 315 g/mol. The highest BCUT2D eigenvalue weighted by Crippen LogP contribution is 2.34. The summed E-state index contributed by atoms with van der Waals surface area (Å²) < 4.78 is 37.8. The third-order valence-electron chi connectivity index (χ3n) is 4.03. The van der Waals surface area contributed by atoms with E-state index in [1.807, 2.05) is 0 Å². The van der Waals surface area contributed by atoms with Crippen LogP contribution in [0.1, 0.15) is 34.7 Å². The second kappa shape index (κ2) is 4.82. The summed E-state index contributed by atoms with van der Waals surface area (Å²) in [4.78, 5) is 11.1. The molecule has 2 aliphatic heterocycles. The Morgan fingerprint density at radius 3 is 2.29 bits per heavy atom. The smallest absolute Gasteiger partial charge is 0.340 e. The Kier molecular flexibility index (Phi) is 3.34. The second-order valence-electron chi connectivity index (χ2n) is 5.50. The van der Waals surface area contributed by atoms with Gasteiger partial charge in [0.1, 0.15) is 22.0 Å². The highest BCUT2D eigenvalue weighted by atomic mass is 32.2. The normalized spacial score (nSPS) is 26.2. The van der Waals surface area contributed by atoms with Gasteiger partial charge in [-0.1, -0.05) is 0 Å². The molecule has 2 atom stereocenters. The number of rotatable bonds is 3. The standard InChI is InChI=1S/C13H17NO6S/c1-7-11(13(15)16)12(8(2)19-7)21(17,18)14-5-9-3-4-10(6-14)20-9/h9-10H,3-6H2,1-2H3,(H,15,16). The van der Waals surface area contributed by atoms with Gasteiger partial charge in [-0.2, -0.15) is 4.31 Å². The maximum atomic E-state index is 12.8. The van der Waals surface area contributed by atoms with Crippen LogP contribution in [0.2, 0.25) is 0 Å². The van der Waals surface area contributed by atoms with Crippen molar-refractivity contribution >= 4 is 16.0 Å². The molecule has 8 heteroatoms. The van der Waals surface area contributed by atoms with Crippen molar-refractivity contribution in [3.8, 4) is 0 Å². The molecule has 21 heavy (non-hydrogen) atoms. The average Bonchev–Trinajstić information content (AvgIpc) is 2.88. The van der Waals surface area contributed by atoms with E-state index in [9.17, 15) is 18.3 Å². The Balaban J connectivity index is 2.05. The minimum absolute atomic E-state index is 0.0971. The zero-order valence-electron chi connectivity index (χ0n) is 11.8. The van der Waals surface area contributed by atoms with E-state index in [1.165, 1.54) is 18.2 Å². The third kappa shape index (κ3) is 2.27. The predicted octanol–water partition coefficient (Wildman–Crippen LogP) is 1.15. The van der Waals surface area contributed by atoms with E-state index in [1.54, 1.807) is 0 Å². The van der Waals surface area contributed by atoms with Gasteiger partial charge in [0.2, 0.25) is 10.0 Å². The highest BCUT2D eigenvalue weighted by Gasteiger charge is 2.42. The van der Waals surface area contributed by atoms with Crippen LogP contribution in [0.25, 0.3) is 0 Å². The number of morpholine rings is 1. The van der Waals surface area contributed by atoms with Gasteiger partial charge >= 0.3 is 5.97 Å². The molecule has 3 rings (SSSR count). The highest BCUT2D eigenvalue weighted by molar-refractivity contribution is 7.89. The fraction of sp³-hybridized carbons (Fsp3) is 0.615. The maximum Gasteiger partial charge on any atom is 0.340 e. The van der Waals surface area contributed by atoms with Gasteiger partial charge in [0.25, 0.3) is 0 Å². The molecule has 1 aromatic rings. The number of carboxylic acid groups (broad SMARTS) is 1. The molecule has 0 saturated carbocycles. The maximum absolute atomic E-state index is 12.8. The number of aryl methyl sites for hydroxylation is 2. The first-order valence-electron chi connectivity index (χ1n) is 6.79. The first-order chi connectivity index (χ1) is 9.80. The van der Waals surface area contributed by atoms with Crippen LogP contribution in [-0.4, -0.2) is 49.1 Å². The van der Waals surface area contributed by atoms with Crippen molar-refractivity contribution in [3.05, 3.63) is 17.1 Å². The van der Waals surface area contributed by atoms with Crippen LogP contribution in [0.4, 0.5) is 0 Å². The van der Waals surface area contributed by atoms with Crippen molar-refractivity contribution in [2.45, 2.75) is 43.8 Å². The molecule has 0 spiro atoms. The fourth-order valence-electron chi connectivity index (χ4n) is 3.12. The van der Waals surface area contributed by atoms with Crippen molar-refractivity contribution in [3.63, 3.8) is 0 Å². The molecule has 1 N–H and O–H groups in total. The molecule has 2 unspecified atom stereocenters. The summed E-state index contributed by atoms with van der Waals surface area (Å²) in [7, 11) is -3.89. The molecule has 7 nitrogen and oxygen atoms in total. The van der Waals surface area contributed by atoms with Crippen LogP contribution >= 0.6 is 0 Å². The lowest BCUT2D eigenvalue weighted by atomic mass is 10.2. The van der Waals surface area contributed by atoms with E-state index < -0.39 is 16.0 Å². The van der Waals surface area contributed by atoms with E-state index in [-0.39, 0.29) is 47.3 Å². The lowest BCUT2D eigenvalue weighted by Gasteiger charge is -2.31. The van der Waals surface area contributed by atoms with Crippen molar-refractivity contribution in [1.82, 2.24) is 4.31 Å². The first kappa shape index (κ1) is 14.6. The van der Waals surface area contributed by atoms with Gasteiger partial charge in [0.05, 0.1) is 12.2 Å². The van der Waals surface area contributed by atoms with E-state index in [0.717, 1.165) is 12.8 Å². The number of hydrogen-bond acceptors (Lipinski definition) is 5. The Hall–Kier alpha value is -1.38. The van der Waals surface area contributed by atoms with Crippen LogP contribution < -0.4 is 0 Å². The molecule has 2 fully saturated rings. The van der Waals surface area contributed by atoms with Gasteiger partial charge in [0.15, 0.2) is 0 Å². The Bertz CT molecular complexity index is 680. The topological polar surface area (TPSA) is 97.0 Å². The molecule has 0 amide bonds. The van der Waals surface area contributed by atoms with Gasteiger partial charge in [-0.05, 0) is 26.7 Å². The lowest BCUT2D eigenvalue weighted by molar-refractivity contribution is -0.0114. The van der Waals surface area contributed by atoms with Crippen molar-refractivity contribution in [2.75, 3.05) is 13.1 Å². The summed E-state index contributed by atoms with van der Waals surface area (Å²) in [6.07, 6.45) is 1.48. The molecule has 3 heterocycles. The fourth-order valence-corrected chi connectivity index (χ4v) is 5.00. The number of carboxylic acids is 1. The van der Waals surface area contributed by atoms with Crippen molar-refractivity contribution in [1.29, 1.82) is 0 Å². The van der Waals surface area contributed by atoms with Crippen LogP contribution in [0.15, 0.2) is 9.31 Å². The zero-order chi connectivity index (χ0) is 15.4. The molecule has 0 radical (unpaired) electrons. The Labute approximate surface area is 122 Å². The number of carbonyl (C=O) groups is 1. The quantitative estimate of drug-likeness (QED) is 0.898. The lowest BCUT2D eigenvalue weighted by Crippen LogP contribution is -2.46. The molecule has 2 bridgehead atoms. The van der Waals surface area contributed by atoms with Crippen molar-refractivity contribution in [2.24, 2.45) is 0 Å². The summed E-state index contributed by atoms with van der Waals surface area (Å²) in [6.45, 7) is 3.46. The number of fused-ring (bicyclic) bond motifs is 2. The molecule has 0 aromatic carbocycles. The molecule has 1 aromatic heterocycles. The minimum atomic E-state index is -3.89. The number of furan rings is 1. The summed E-state index contributed by atoms with van der Waals surface area (Å²) in [5.41, 5.74) is -0.272. The summed E-state index contributed by atoms with van der Waals surface area (Å²) in [5.74, 6) is -1.07. The summed E-state index contributed by atoms with van der Waals surface area (Å²) in [6, 6.07) is 0. The van der Waals surface area contributed by atoms with E-state index in [0.29, 0.717) is 0 Å². The van der Waals surface area contributed by atoms with Gasteiger partial charge < -0.3 is 14.3 Å². The monoisotopic (exact) mass is 315 g/mol. The number of sulfonamides is 1. The molecule has 116 valence electrons. The van der Waals surface area contributed by atoms with Crippen LogP contribution in [0.5, 0.6) is 0 Å². The number of nitrogens with zero attached hydrogens (tertiary/aromatic N) is 1. The number of hydrogen-bond donors (Lipinski definition) is 1. The van der Waals surface area contributed by atoms with Gasteiger partial charge in [0, 0.05) is 13.1 Å². The van der Waals surface area contributed by atoms with Crippen LogP contribution in [0, 0.1) is 13.8 Å². The molecule has 0 aliphatic carbocycles. The number of aromatic carboxylic acids is 1. The Morgan fingerprint density at radius 1 is 1.19 bits per heavy atom. The van der Waals surface area contributed by atoms with Crippen LogP contribution in [-0.2, 0) is 14.8 Å². The molecule has 2 aliphatic rings. The SMILES string of the molecule is Cc1oc(C)c(S(=O)(=O)N2CC3CCC(C2)O3)c1C(=O)O. The zero-order valence-corrected chi connectivity index (χ0v) is 12.6. The summed E-state index contributed by atoms with van der Waals surface area (Å²) in [5, 5.41) is 9.27. The van der Waals surface area contributed by atoms with Gasteiger partial charge in [-0.3, -0.25) is 0 Å². The third-order valence-corrected chi connectivity index (χ3v) is 6.01. The second-order valence-corrected chi connectivity index (χ2v) is 7.38. The van der Waals surface area contributed by atoms with E-state index >= 15 is 0 Å². The van der Waals surface area contributed by atoms with Crippen molar-refractivity contribution < 1.29 is 27.5 Å². The van der Waals surface area contributed by atoms with Crippen LogP contribution in [0.3, 0.4) is 0 Å².